The molecule has 7 nitrogen and oxygen atoms in total. The number of nitrogens with one attached hydrogen (secondary N) is 1. The van der Waals surface area contributed by atoms with Crippen LogP contribution in [0.2, 0.25) is 0 Å². The summed E-state index contributed by atoms with van der Waals surface area (Å²) < 4.78 is 3.44. The number of carbonyl (C=O) groups is 1. The van der Waals surface area contributed by atoms with Gasteiger partial charge in [-0.2, -0.15) is 0 Å². The summed E-state index contributed by atoms with van der Waals surface area (Å²) in [6, 6.07) is 8.93. The fourth-order valence-corrected chi connectivity index (χ4v) is 4.34. The lowest BCUT2D eigenvalue weighted by atomic mass is 10.1. The molecule has 0 aliphatic carbocycles. The van der Waals surface area contributed by atoms with Gasteiger partial charge in [0.1, 0.15) is 11.5 Å². The smallest absolute Gasteiger partial charge is 0.273 e. The molecule has 10 heteroatoms. The minimum Gasteiger partial charge on any atom is -0.507 e. The van der Waals surface area contributed by atoms with E-state index in [2.05, 4.69) is 63.4 Å². The van der Waals surface area contributed by atoms with Crippen molar-refractivity contribution in [3.8, 4) is 11.5 Å². The van der Waals surface area contributed by atoms with E-state index in [1.165, 1.54) is 0 Å². The van der Waals surface area contributed by atoms with E-state index < -0.39 is 0 Å². The van der Waals surface area contributed by atoms with E-state index >= 15 is 0 Å². The van der Waals surface area contributed by atoms with Gasteiger partial charge < -0.3 is 15.5 Å². The average molecular weight is 589 g/mol. The first-order chi connectivity index (χ1) is 13.8. The van der Waals surface area contributed by atoms with Crippen LogP contribution in [0.5, 0.6) is 11.5 Å². The lowest BCUT2D eigenvalue weighted by molar-refractivity contribution is 0.0949. The molecule has 3 aromatic rings. The molecule has 1 aromatic heterocycles. The van der Waals surface area contributed by atoms with Crippen molar-refractivity contribution < 1.29 is 15.0 Å². The van der Waals surface area contributed by atoms with E-state index in [4.69, 9.17) is 0 Å². The van der Waals surface area contributed by atoms with E-state index in [0.29, 0.717) is 39.3 Å². The molecule has 0 bridgehead atoms. The van der Waals surface area contributed by atoms with Crippen LogP contribution in [-0.2, 0) is 19.4 Å². The molecule has 1 heterocycles. The number of rotatable bonds is 7. The molecule has 3 N–H and O–H groups in total. The number of benzene rings is 2. The molecule has 0 atom stereocenters. The highest BCUT2D eigenvalue weighted by Crippen LogP contribution is 2.33. The summed E-state index contributed by atoms with van der Waals surface area (Å²) in [6.45, 7) is 0.990. The Hall–Kier alpha value is -1.91. The third kappa shape index (κ3) is 5.80. The predicted octanol–water partition coefficient (Wildman–Crippen LogP) is 4.19. The number of phenols is 2. The van der Waals surface area contributed by atoms with Gasteiger partial charge in [-0.15, -0.1) is 5.10 Å². The number of hydrogen-bond donors (Lipinski definition) is 3. The topological polar surface area (TPSA) is 100 Å². The van der Waals surface area contributed by atoms with E-state index in [9.17, 15) is 15.0 Å². The number of phenolic OH excluding ortho intramolecular Hbond substituents is 2. The van der Waals surface area contributed by atoms with Crippen molar-refractivity contribution in [1.29, 1.82) is 0 Å². The fourth-order valence-electron chi connectivity index (χ4n) is 2.63. The fraction of sp³-hybridized carbons (Fsp3) is 0.211. The Morgan fingerprint density at radius 3 is 2.38 bits per heavy atom. The van der Waals surface area contributed by atoms with Gasteiger partial charge in [-0.05, 0) is 96.0 Å². The van der Waals surface area contributed by atoms with Crippen molar-refractivity contribution in [2.24, 2.45) is 0 Å². The van der Waals surface area contributed by atoms with Crippen molar-refractivity contribution in [1.82, 2.24) is 20.3 Å². The zero-order valence-electron chi connectivity index (χ0n) is 15.1. The Labute approximate surface area is 192 Å². The maximum absolute atomic E-state index is 12.3. The first-order valence-electron chi connectivity index (χ1n) is 8.66. The van der Waals surface area contributed by atoms with Crippen molar-refractivity contribution in [2.45, 2.75) is 19.4 Å². The lowest BCUT2D eigenvalue weighted by Gasteiger charge is -2.07. The molecule has 0 fully saturated rings. The molecule has 0 aliphatic rings. The van der Waals surface area contributed by atoms with E-state index in [0.717, 1.165) is 11.1 Å². The van der Waals surface area contributed by atoms with Gasteiger partial charge in [0.05, 0.1) is 19.6 Å². The molecule has 2 aromatic carbocycles. The summed E-state index contributed by atoms with van der Waals surface area (Å²) in [5, 5.41) is 30.0. The second-order valence-electron chi connectivity index (χ2n) is 6.32. The molecule has 0 aliphatic heterocycles. The third-order valence-corrected chi connectivity index (χ3v) is 6.03. The van der Waals surface area contributed by atoms with Crippen LogP contribution in [-0.4, -0.2) is 37.7 Å². The van der Waals surface area contributed by atoms with E-state index in [1.54, 1.807) is 16.9 Å². The lowest BCUT2D eigenvalue weighted by Crippen LogP contribution is -2.26. The van der Waals surface area contributed by atoms with E-state index in [1.807, 2.05) is 24.3 Å². The number of aromatic hydroxyl groups is 2. The van der Waals surface area contributed by atoms with Crippen molar-refractivity contribution in [2.75, 3.05) is 6.54 Å². The van der Waals surface area contributed by atoms with Crippen LogP contribution in [0.4, 0.5) is 0 Å². The van der Waals surface area contributed by atoms with Crippen LogP contribution < -0.4 is 5.32 Å². The van der Waals surface area contributed by atoms with Gasteiger partial charge in [0, 0.05) is 13.1 Å². The minimum absolute atomic E-state index is 0.147. The summed E-state index contributed by atoms with van der Waals surface area (Å²) in [6.07, 6.45) is 2.90. The molecular weight excluding hydrogens is 572 g/mol. The predicted molar refractivity (Wildman–Crippen MR) is 119 cm³/mol. The highest BCUT2D eigenvalue weighted by atomic mass is 79.9. The second-order valence-corrected chi connectivity index (χ2v) is 8.88. The molecule has 152 valence electrons. The van der Waals surface area contributed by atoms with Gasteiger partial charge in [0.25, 0.3) is 5.91 Å². The Morgan fingerprint density at radius 1 is 1.00 bits per heavy atom. The number of carbonyl (C=O) groups excluding carboxylic acids is 1. The molecule has 0 spiro atoms. The number of halogens is 3. The zero-order chi connectivity index (χ0) is 21.0. The number of amides is 1. The molecule has 3 rings (SSSR count). The van der Waals surface area contributed by atoms with Crippen LogP contribution in [0, 0.1) is 0 Å². The van der Waals surface area contributed by atoms with Crippen molar-refractivity contribution in [3.63, 3.8) is 0 Å². The largest absolute Gasteiger partial charge is 0.507 e. The van der Waals surface area contributed by atoms with Crippen LogP contribution in [0.1, 0.15) is 21.6 Å². The van der Waals surface area contributed by atoms with Crippen molar-refractivity contribution >= 4 is 53.7 Å². The van der Waals surface area contributed by atoms with Crippen LogP contribution >= 0.6 is 47.8 Å². The van der Waals surface area contributed by atoms with Crippen molar-refractivity contribution in [3.05, 3.63) is 66.8 Å². The number of nitrogens with zero attached hydrogens (tertiary/aromatic N) is 3. The summed E-state index contributed by atoms with van der Waals surface area (Å²) in [4.78, 5) is 12.3. The quantitative estimate of drug-likeness (QED) is 0.384. The summed E-state index contributed by atoms with van der Waals surface area (Å²) >= 11 is 9.88. The molecule has 0 saturated carbocycles. The first-order valence-corrected chi connectivity index (χ1v) is 11.0. The molecule has 1 amide bonds. The first kappa shape index (κ1) is 21.8. The Balaban J connectivity index is 1.50. The van der Waals surface area contributed by atoms with Gasteiger partial charge in [-0.1, -0.05) is 11.3 Å². The van der Waals surface area contributed by atoms with Gasteiger partial charge >= 0.3 is 0 Å². The Kier molecular flexibility index (Phi) is 7.31. The Morgan fingerprint density at radius 2 is 1.69 bits per heavy atom. The van der Waals surface area contributed by atoms with Gasteiger partial charge in [-0.3, -0.25) is 9.48 Å². The summed E-state index contributed by atoms with van der Waals surface area (Å²) in [7, 11) is 0. The normalized spacial score (nSPS) is 10.9. The standard InChI is InChI=1S/C19H17Br3N4O3/c20-13-7-11(1-2-17(13)27)4-6-26-10-16(24-25-26)19(29)23-5-3-12-8-14(21)18(28)15(22)9-12/h1-2,7-10,27-28H,3-6H2,(H,23,29). The molecular formula is C19H17Br3N4O3. The third-order valence-electron chi connectivity index (χ3n) is 4.19. The minimum atomic E-state index is -0.291. The molecule has 0 saturated heterocycles. The second kappa shape index (κ2) is 9.73. The number of hydrogen-bond acceptors (Lipinski definition) is 5. The summed E-state index contributed by atoms with van der Waals surface area (Å²) in [5.74, 6) is 0.0510. The average Bonchev–Trinajstić information content (AvgIpc) is 3.16. The Bertz CT molecular complexity index is 1020. The van der Waals surface area contributed by atoms with Crippen LogP contribution in [0.3, 0.4) is 0 Å². The molecule has 0 unspecified atom stereocenters. The van der Waals surface area contributed by atoms with Crippen LogP contribution in [0.15, 0.2) is 49.9 Å². The number of aromatic nitrogens is 3. The summed E-state index contributed by atoms with van der Waals surface area (Å²) in [5.41, 5.74) is 2.25. The van der Waals surface area contributed by atoms with E-state index in [-0.39, 0.29) is 23.1 Å². The van der Waals surface area contributed by atoms with Crippen LogP contribution in [0.25, 0.3) is 0 Å². The highest BCUT2D eigenvalue weighted by molar-refractivity contribution is 9.11. The molecule has 0 radical (unpaired) electrons. The monoisotopic (exact) mass is 586 g/mol. The number of aryl methyl sites for hydroxylation is 2. The highest BCUT2D eigenvalue weighted by Gasteiger charge is 2.11. The maximum atomic E-state index is 12.3. The van der Waals surface area contributed by atoms with Gasteiger partial charge in [0.15, 0.2) is 5.69 Å². The molecule has 29 heavy (non-hydrogen) atoms. The van der Waals surface area contributed by atoms with Gasteiger partial charge in [-0.25, -0.2) is 0 Å². The van der Waals surface area contributed by atoms with Gasteiger partial charge in [0.2, 0.25) is 0 Å². The maximum Gasteiger partial charge on any atom is 0.273 e. The zero-order valence-corrected chi connectivity index (χ0v) is 19.8. The SMILES string of the molecule is O=C(NCCc1cc(Br)c(O)c(Br)c1)c1cn(CCc2ccc(O)c(Br)c2)nn1.